The van der Waals surface area contributed by atoms with Crippen LogP contribution in [0.5, 0.6) is 11.5 Å². The summed E-state index contributed by atoms with van der Waals surface area (Å²) < 4.78 is 47.9. The standard InChI is InChI=1S/C20H18F3N3O3/c1-26-12-11-24-18(26)17(15-5-3-4-6-16(15)28-2)25-19(27)13-7-9-14(10-8-13)29-20(21,22)23/h3-12,17H,1-2H3,(H,25,27). The number of para-hydroxylation sites is 1. The summed E-state index contributed by atoms with van der Waals surface area (Å²) in [7, 11) is 3.32. The van der Waals surface area contributed by atoms with Gasteiger partial charge in [0.25, 0.3) is 5.91 Å². The zero-order valence-corrected chi connectivity index (χ0v) is 15.6. The third-order valence-corrected chi connectivity index (χ3v) is 4.19. The minimum Gasteiger partial charge on any atom is -0.496 e. The number of hydrogen-bond acceptors (Lipinski definition) is 4. The number of nitrogens with zero attached hydrogens (tertiary/aromatic N) is 2. The molecule has 1 amide bonds. The number of nitrogens with one attached hydrogen (secondary N) is 1. The largest absolute Gasteiger partial charge is 0.573 e. The maximum Gasteiger partial charge on any atom is 0.573 e. The molecule has 1 heterocycles. The summed E-state index contributed by atoms with van der Waals surface area (Å²) in [4.78, 5) is 17.1. The lowest BCUT2D eigenvalue weighted by Gasteiger charge is -2.21. The second-order valence-corrected chi connectivity index (χ2v) is 6.12. The second kappa shape index (κ2) is 8.26. The topological polar surface area (TPSA) is 65.4 Å². The Morgan fingerprint density at radius 3 is 2.41 bits per heavy atom. The van der Waals surface area contributed by atoms with Gasteiger partial charge in [-0.1, -0.05) is 18.2 Å². The van der Waals surface area contributed by atoms with Gasteiger partial charge >= 0.3 is 6.36 Å². The highest BCUT2D eigenvalue weighted by molar-refractivity contribution is 5.94. The van der Waals surface area contributed by atoms with Crippen molar-refractivity contribution in [3.63, 3.8) is 0 Å². The molecule has 0 spiro atoms. The number of carbonyl (C=O) groups excluding carboxylic acids is 1. The Bertz CT molecular complexity index is 984. The first kappa shape index (κ1) is 20.2. The quantitative estimate of drug-likeness (QED) is 0.677. The van der Waals surface area contributed by atoms with Crippen LogP contribution in [0.2, 0.25) is 0 Å². The third-order valence-electron chi connectivity index (χ3n) is 4.19. The number of ether oxygens (including phenoxy) is 2. The van der Waals surface area contributed by atoms with E-state index in [0.29, 0.717) is 17.1 Å². The van der Waals surface area contributed by atoms with Gasteiger partial charge in [0.15, 0.2) is 0 Å². The second-order valence-electron chi connectivity index (χ2n) is 6.12. The number of rotatable bonds is 6. The summed E-state index contributed by atoms with van der Waals surface area (Å²) >= 11 is 0. The molecule has 0 saturated heterocycles. The Kier molecular flexibility index (Phi) is 5.76. The van der Waals surface area contributed by atoms with E-state index in [1.807, 2.05) is 6.07 Å². The molecule has 0 fully saturated rings. The molecular formula is C20H18F3N3O3. The first-order valence-electron chi connectivity index (χ1n) is 8.55. The zero-order chi connectivity index (χ0) is 21.0. The normalized spacial score (nSPS) is 12.3. The van der Waals surface area contributed by atoms with Crippen molar-refractivity contribution in [3.05, 3.63) is 77.9 Å². The van der Waals surface area contributed by atoms with Gasteiger partial charge in [-0.05, 0) is 30.3 Å². The highest BCUT2D eigenvalue weighted by atomic mass is 19.4. The van der Waals surface area contributed by atoms with Crippen molar-refractivity contribution in [3.8, 4) is 11.5 Å². The van der Waals surface area contributed by atoms with Crippen LogP contribution in [0.4, 0.5) is 13.2 Å². The van der Waals surface area contributed by atoms with Crippen molar-refractivity contribution >= 4 is 5.91 Å². The molecule has 0 bridgehead atoms. The maximum atomic E-state index is 12.8. The highest BCUT2D eigenvalue weighted by Crippen LogP contribution is 2.29. The van der Waals surface area contributed by atoms with Gasteiger partial charge in [-0.15, -0.1) is 13.2 Å². The number of halogens is 3. The molecule has 6 nitrogen and oxygen atoms in total. The lowest BCUT2D eigenvalue weighted by Crippen LogP contribution is -2.31. The van der Waals surface area contributed by atoms with Crippen LogP contribution in [0.1, 0.15) is 27.8 Å². The molecule has 3 rings (SSSR count). The number of benzene rings is 2. The molecule has 0 saturated carbocycles. The monoisotopic (exact) mass is 405 g/mol. The van der Waals surface area contributed by atoms with Crippen molar-refractivity contribution in [2.75, 3.05) is 7.11 Å². The molecule has 152 valence electrons. The molecule has 1 atom stereocenters. The number of hydrogen-bond donors (Lipinski definition) is 1. The van der Waals surface area contributed by atoms with E-state index in [1.54, 1.807) is 42.2 Å². The third kappa shape index (κ3) is 4.87. The number of methoxy groups -OCH3 is 1. The Labute approximate surface area is 164 Å². The number of aryl methyl sites for hydroxylation is 1. The summed E-state index contributed by atoms with van der Waals surface area (Å²) in [6.07, 6.45) is -1.45. The van der Waals surface area contributed by atoms with E-state index in [1.165, 1.54) is 19.2 Å². The van der Waals surface area contributed by atoms with Crippen molar-refractivity contribution < 1.29 is 27.4 Å². The molecule has 3 aromatic rings. The van der Waals surface area contributed by atoms with Crippen molar-refractivity contribution in [2.24, 2.45) is 7.05 Å². The number of amides is 1. The fourth-order valence-electron chi connectivity index (χ4n) is 2.86. The molecule has 0 aliphatic carbocycles. The lowest BCUT2D eigenvalue weighted by atomic mass is 10.0. The maximum absolute atomic E-state index is 12.8. The van der Waals surface area contributed by atoms with E-state index < -0.39 is 24.1 Å². The number of imidazole rings is 1. The zero-order valence-electron chi connectivity index (χ0n) is 15.6. The summed E-state index contributed by atoms with van der Waals surface area (Å²) in [6.45, 7) is 0. The molecular weight excluding hydrogens is 387 g/mol. The fraction of sp³-hybridized carbons (Fsp3) is 0.200. The number of carbonyl (C=O) groups is 1. The summed E-state index contributed by atoms with van der Waals surface area (Å²) in [5, 5.41) is 2.87. The van der Waals surface area contributed by atoms with Crippen LogP contribution in [0, 0.1) is 0 Å². The van der Waals surface area contributed by atoms with Gasteiger partial charge in [0.05, 0.1) is 7.11 Å². The summed E-state index contributed by atoms with van der Waals surface area (Å²) in [5.74, 6) is 0.247. The molecule has 1 aromatic heterocycles. The first-order valence-corrected chi connectivity index (χ1v) is 8.55. The first-order chi connectivity index (χ1) is 13.8. The average Bonchev–Trinajstić information content (AvgIpc) is 3.11. The number of aromatic nitrogens is 2. The Morgan fingerprint density at radius 2 is 1.83 bits per heavy atom. The predicted octanol–water partition coefficient (Wildman–Crippen LogP) is 3.85. The smallest absolute Gasteiger partial charge is 0.496 e. The van der Waals surface area contributed by atoms with Crippen LogP contribution in [0.3, 0.4) is 0 Å². The van der Waals surface area contributed by atoms with E-state index >= 15 is 0 Å². The predicted molar refractivity (Wildman–Crippen MR) is 98.6 cm³/mol. The molecule has 0 aliphatic rings. The van der Waals surface area contributed by atoms with Crippen molar-refractivity contribution in [1.82, 2.24) is 14.9 Å². The minimum absolute atomic E-state index is 0.175. The SMILES string of the molecule is COc1ccccc1C(NC(=O)c1ccc(OC(F)(F)F)cc1)c1nccn1C. The van der Waals surface area contributed by atoms with Gasteiger partial charge in [0, 0.05) is 30.6 Å². The highest BCUT2D eigenvalue weighted by Gasteiger charge is 2.31. The van der Waals surface area contributed by atoms with Crippen molar-refractivity contribution in [1.29, 1.82) is 0 Å². The van der Waals surface area contributed by atoms with Crippen LogP contribution in [0.15, 0.2) is 60.9 Å². The Morgan fingerprint density at radius 1 is 1.14 bits per heavy atom. The van der Waals surface area contributed by atoms with Crippen LogP contribution in [-0.4, -0.2) is 28.9 Å². The van der Waals surface area contributed by atoms with E-state index in [4.69, 9.17) is 4.74 Å². The van der Waals surface area contributed by atoms with Crippen LogP contribution in [0.25, 0.3) is 0 Å². The molecule has 9 heteroatoms. The van der Waals surface area contributed by atoms with Crippen LogP contribution < -0.4 is 14.8 Å². The minimum atomic E-state index is -4.79. The number of alkyl halides is 3. The average molecular weight is 405 g/mol. The van der Waals surface area contributed by atoms with E-state index in [2.05, 4.69) is 15.0 Å². The van der Waals surface area contributed by atoms with Crippen LogP contribution >= 0.6 is 0 Å². The van der Waals surface area contributed by atoms with Gasteiger partial charge in [0.2, 0.25) is 0 Å². The van der Waals surface area contributed by atoms with Gasteiger partial charge in [-0.2, -0.15) is 0 Å². The van der Waals surface area contributed by atoms with Gasteiger partial charge in [0.1, 0.15) is 23.4 Å². The van der Waals surface area contributed by atoms with E-state index in [9.17, 15) is 18.0 Å². The Balaban J connectivity index is 1.88. The molecule has 0 radical (unpaired) electrons. The van der Waals surface area contributed by atoms with Crippen molar-refractivity contribution in [2.45, 2.75) is 12.4 Å². The van der Waals surface area contributed by atoms with Gasteiger partial charge in [-0.25, -0.2) is 4.98 Å². The summed E-state index contributed by atoms with van der Waals surface area (Å²) in [6, 6.07) is 11.2. The molecule has 29 heavy (non-hydrogen) atoms. The molecule has 1 unspecified atom stereocenters. The summed E-state index contributed by atoms with van der Waals surface area (Å²) in [5.41, 5.74) is 0.864. The van der Waals surface area contributed by atoms with Crippen LogP contribution in [-0.2, 0) is 7.05 Å². The lowest BCUT2D eigenvalue weighted by molar-refractivity contribution is -0.274. The molecule has 1 N–H and O–H groups in total. The molecule has 0 aliphatic heterocycles. The molecule has 2 aromatic carbocycles. The van der Waals surface area contributed by atoms with Gasteiger partial charge < -0.3 is 19.4 Å². The van der Waals surface area contributed by atoms with E-state index in [0.717, 1.165) is 12.1 Å². The van der Waals surface area contributed by atoms with Gasteiger partial charge in [-0.3, -0.25) is 4.79 Å². The van der Waals surface area contributed by atoms with E-state index in [-0.39, 0.29) is 5.56 Å². The fourth-order valence-corrected chi connectivity index (χ4v) is 2.86. The Hall–Kier alpha value is -3.49.